The van der Waals surface area contributed by atoms with Crippen molar-refractivity contribution in [3.8, 4) is 5.75 Å². The Morgan fingerprint density at radius 1 is 1.00 bits per heavy atom. The number of hydrogen-bond donors (Lipinski definition) is 1. The van der Waals surface area contributed by atoms with E-state index in [2.05, 4.69) is 80.7 Å². The Labute approximate surface area is 222 Å². The van der Waals surface area contributed by atoms with E-state index in [1.165, 1.54) is 22.4 Å². The molecule has 2 fully saturated rings. The topological polar surface area (TPSA) is 56.3 Å². The molecule has 37 heavy (non-hydrogen) atoms. The molecule has 0 aliphatic carbocycles. The fourth-order valence-electron chi connectivity index (χ4n) is 7.33. The molecule has 0 radical (unpaired) electrons. The summed E-state index contributed by atoms with van der Waals surface area (Å²) < 4.78 is 13.0. The van der Waals surface area contributed by atoms with E-state index in [4.69, 9.17) is 19.1 Å². The average Bonchev–Trinajstić information content (AvgIpc) is 2.89. The summed E-state index contributed by atoms with van der Waals surface area (Å²) in [5, 5.41) is 6.93. The summed E-state index contributed by atoms with van der Waals surface area (Å²) in [5.41, 5.74) is 1.49. The SMILES string of the molecule is CC(C)CC1CCC(c2ncc(OC(C)C)cn2)NC1C1O[Si]2(c3ccccc3)c3ccccc3C12C. The van der Waals surface area contributed by atoms with Crippen molar-refractivity contribution in [2.45, 2.75) is 83.2 Å². The molecule has 1 aromatic heterocycles. The third-order valence-corrected chi connectivity index (χ3v) is 13.8. The van der Waals surface area contributed by atoms with E-state index in [1.54, 1.807) is 0 Å². The number of ether oxygens (including phenoxy) is 1. The van der Waals surface area contributed by atoms with Crippen molar-refractivity contribution >= 4 is 18.7 Å². The van der Waals surface area contributed by atoms with Crippen LogP contribution in [0.3, 0.4) is 0 Å². The number of nitrogens with zero attached hydrogens (tertiary/aromatic N) is 2. The molecule has 194 valence electrons. The molecule has 1 N–H and O–H groups in total. The van der Waals surface area contributed by atoms with Gasteiger partial charge in [0.05, 0.1) is 30.6 Å². The summed E-state index contributed by atoms with van der Waals surface area (Å²) in [6.07, 6.45) is 7.28. The van der Waals surface area contributed by atoms with Crippen molar-refractivity contribution in [1.29, 1.82) is 0 Å². The number of hydrogen-bond acceptors (Lipinski definition) is 5. The van der Waals surface area contributed by atoms with Crippen LogP contribution in [0.4, 0.5) is 0 Å². The zero-order valence-electron chi connectivity index (χ0n) is 22.6. The lowest BCUT2D eigenvalue weighted by atomic mass is 9.75. The number of fused-ring (bicyclic) bond motifs is 4. The third kappa shape index (κ3) is 3.79. The molecular formula is C31H39N3O2Si. The van der Waals surface area contributed by atoms with E-state index in [1.807, 2.05) is 26.2 Å². The first-order valence-corrected chi connectivity index (χ1v) is 15.8. The van der Waals surface area contributed by atoms with Crippen molar-refractivity contribution in [1.82, 2.24) is 15.3 Å². The highest BCUT2D eigenvalue weighted by atomic mass is 28.4. The Morgan fingerprint density at radius 3 is 2.41 bits per heavy atom. The molecule has 0 saturated carbocycles. The summed E-state index contributed by atoms with van der Waals surface area (Å²) >= 11 is 0. The molecule has 6 heteroatoms. The summed E-state index contributed by atoms with van der Waals surface area (Å²) in [7, 11) is -2.27. The molecule has 6 rings (SSSR count). The molecule has 5 nitrogen and oxygen atoms in total. The summed E-state index contributed by atoms with van der Waals surface area (Å²) in [6, 6.07) is 20.4. The fraction of sp³-hybridized carbons (Fsp3) is 0.484. The quantitative estimate of drug-likeness (QED) is 0.465. The van der Waals surface area contributed by atoms with Crippen molar-refractivity contribution in [2.24, 2.45) is 11.8 Å². The highest BCUT2D eigenvalue weighted by molar-refractivity contribution is 7.05. The molecule has 6 atom stereocenters. The largest absolute Gasteiger partial charge is 0.488 e. The van der Waals surface area contributed by atoms with Gasteiger partial charge in [0, 0.05) is 11.1 Å². The van der Waals surface area contributed by atoms with Gasteiger partial charge in [0.25, 0.3) is 8.32 Å². The maximum absolute atomic E-state index is 7.26. The first-order valence-electron chi connectivity index (χ1n) is 13.9. The lowest BCUT2D eigenvalue weighted by Crippen LogP contribution is -2.95. The van der Waals surface area contributed by atoms with Crippen LogP contribution < -0.4 is 20.4 Å². The van der Waals surface area contributed by atoms with Crippen LogP contribution in [0.1, 0.15) is 71.3 Å². The Bertz CT molecular complexity index is 1250. The number of rotatable bonds is 7. The van der Waals surface area contributed by atoms with E-state index in [0.29, 0.717) is 11.8 Å². The van der Waals surface area contributed by atoms with Crippen molar-refractivity contribution in [3.05, 3.63) is 78.4 Å². The van der Waals surface area contributed by atoms with Gasteiger partial charge < -0.3 is 14.5 Å². The Kier molecular flexibility index (Phi) is 6.25. The molecule has 0 amide bonds. The standard InChI is InChI=1S/C31H39N3O2Si/c1-20(2)17-22-15-16-26(30-32-18-23(19-33-30)35-21(3)4)34-28(22)29-31(5)25-13-9-10-14-27(25)37(31,36-29)24-11-7-6-8-12-24/h6-14,18-22,26,28-29,34H,15-17H2,1-5H3. The van der Waals surface area contributed by atoms with Crippen LogP contribution in [0.5, 0.6) is 5.75 Å². The normalized spacial score (nSPS) is 32.3. The molecule has 0 spiro atoms. The van der Waals surface area contributed by atoms with E-state index >= 15 is 0 Å². The van der Waals surface area contributed by atoms with Gasteiger partial charge in [-0.1, -0.05) is 75.4 Å². The van der Waals surface area contributed by atoms with Gasteiger partial charge in [-0.15, -0.1) is 0 Å². The molecule has 6 unspecified atom stereocenters. The van der Waals surface area contributed by atoms with Crippen LogP contribution in [-0.2, 0) is 9.46 Å². The van der Waals surface area contributed by atoms with Crippen LogP contribution in [0.15, 0.2) is 67.0 Å². The monoisotopic (exact) mass is 513 g/mol. The number of aromatic nitrogens is 2. The summed E-state index contributed by atoms with van der Waals surface area (Å²) in [4.78, 5) is 9.42. The maximum atomic E-state index is 7.26. The second-order valence-corrected chi connectivity index (χ2v) is 15.7. The number of piperidine rings is 1. The minimum absolute atomic E-state index is 0.0511. The smallest absolute Gasteiger partial charge is 0.269 e. The van der Waals surface area contributed by atoms with Crippen LogP contribution in [0, 0.1) is 11.8 Å². The van der Waals surface area contributed by atoms with Crippen molar-refractivity contribution < 1.29 is 9.16 Å². The third-order valence-electron chi connectivity index (χ3n) is 8.81. The van der Waals surface area contributed by atoms with E-state index in [-0.39, 0.29) is 29.3 Å². The van der Waals surface area contributed by atoms with Crippen LogP contribution >= 0.6 is 0 Å². The van der Waals surface area contributed by atoms with Crippen molar-refractivity contribution in [3.63, 3.8) is 0 Å². The number of benzene rings is 2. The summed E-state index contributed by atoms with van der Waals surface area (Å²) in [5.74, 6) is 2.79. The highest BCUT2D eigenvalue weighted by Crippen LogP contribution is 2.57. The Morgan fingerprint density at radius 2 is 1.70 bits per heavy atom. The van der Waals surface area contributed by atoms with Gasteiger partial charge in [-0.3, -0.25) is 0 Å². The second kappa shape index (κ2) is 9.33. The Balaban J connectivity index is 1.32. The zero-order chi connectivity index (χ0) is 25.8. The molecule has 4 heterocycles. The van der Waals surface area contributed by atoms with E-state index < -0.39 is 8.32 Å². The van der Waals surface area contributed by atoms with Gasteiger partial charge in [-0.05, 0) is 60.9 Å². The first kappa shape index (κ1) is 24.8. The van der Waals surface area contributed by atoms with Gasteiger partial charge >= 0.3 is 0 Å². The minimum Gasteiger partial charge on any atom is -0.488 e. The molecule has 3 aliphatic rings. The highest BCUT2D eigenvalue weighted by Gasteiger charge is 2.78. The minimum atomic E-state index is -2.27. The molecule has 2 saturated heterocycles. The summed E-state index contributed by atoms with van der Waals surface area (Å²) in [6.45, 7) is 11.2. The van der Waals surface area contributed by atoms with Crippen molar-refractivity contribution in [2.75, 3.05) is 0 Å². The molecule has 2 aromatic carbocycles. The van der Waals surface area contributed by atoms with Gasteiger partial charge in [0.2, 0.25) is 0 Å². The van der Waals surface area contributed by atoms with Gasteiger partial charge in [-0.25, -0.2) is 9.97 Å². The van der Waals surface area contributed by atoms with E-state index in [0.717, 1.165) is 24.4 Å². The lowest BCUT2D eigenvalue weighted by molar-refractivity contribution is -0.0207. The predicted octanol–water partition coefficient (Wildman–Crippen LogP) is 4.69. The molecule has 3 aromatic rings. The number of nitrogens with one attached hydrogen (secondary N) is 1. The van der Waals surface area contributed by atoms with Gasteiger partial charge in [0.1, 0.15) is 5.82 Å². The maximum Gasteiger partial charge on any atom is 0.269 e. The molecule has 0 bridgehead atoms. The van der Waals surface area contributed by atoms with Crippen LogP contribution in [0.25, 0.3) is 0 Å². The fourth-order valence-corrected chi connectivity index (χ4v) is 12.7. The molecular weight excluding hydrogens is 474 g/mol. The van der Waals surface area contributed by atoms with E-state index in [9.17, 15) is 0 Å². The first-order chi connectivity index (χ1) is 17.8. The zero-order valence-corrected chi connectivity index (χ0v) is 23.6. The van der Waals surface area contributed by atoms with Crippen LogP contribution in [-0.4, -0.2) is 36.5 Å². The van der Waals surface area contributed by atoms with Crippen LogP contribution in [0.2, 0.25) is 0 Å². The molecule has 3 aliphatic heterocycles. The average molecular weight is 514 g/mol. The predicted molar refractivity (Wildman–Crippen MR) is 150 cm³/mol. The van der Waals surface area contributed by atoms with Gasteiger partial charge in [0.15, 0.2) is 5.75 Å². The van der Waals surface area contributed by atoms with Gasteiger partial charge in [-0.2, -0.15) is 0 Å². The lowest BCUT2D eigenvalue weighted by Gasteiger charge is -2.71. The second-order valence-electron chi connectivity index (χ2n) is 12.0. The Hall–Kier alpha value is -2.54.